The van der Waals surface area contributed by atoms with E-state index in [2.05, 4.69) is 5.16 Å². The molecule has 34 heavy (non-hydrogen) atoms. The number of phenols is 1. The SMILES string of the molecule is Cc1noc(C)c1-c1ccc(O)c2c1C[C@H]1C[C@H]3CC(O)=C(C(N)=O)C(=O)[C@@]3(O)C(O)=C1C2=O. The largest absolute Gasteiger partial charge is 0.511 e. The number of aryl methyl sites for hydroxylation is 2. The van der Waals surface area contributed by atoms with Gasteiger partial charge in [0.05, 0.1) is 11.3 Å². The number of Topliss-reactive ketones (excluding diaryl/α,β-unsaturated/α-hetero) is 2. The predicted octanol–water partition coefficient (Wildman–Crippen LogP) is 1.85. The summed E-state index contributed by atoms with van der Waals surface area (Å²) in [7, 11) is 0. The van der Waals surface area contributed by atoms with Crippen LogP contribution in [-0.4, -0.2) is 48.7 Å². The van der Waals surface area contributed by atoms with Crippen molar-refractivity contribution >= 4 is 17.5 Å². The molecule has 0 radical (unpaired) electrons. The van der Waals surface area contributed by atoms with E-state index in [1.807, 2.05) is 0 Å². The number of aromatic nitrogens is 1. The fourth-order valence-electron chi connectivity index (χ4n) is 5.72. The molecule has 1 heterocycles. The number of aromatic hydroxyl groups is 1. The molecule has 3 atom stereocenters. The van der Waals surface area contributed by atoms with Gasteiger partial charge in [-0.25, -0.2) is 0 Å². The summed E-state index contributed by atoms with van der Waals surface area (Å²) in [5.41, 5.74) is 4.06. The van der Waals surface area contributed by atoms with Crippen molar-refractivity contribution in [3.05, 3.63) is 57.4 Å². The Morgan fingerprint density at radius 1 is 1.15 bits per heavy atom. The van der Waals surface area contributed by atoms with Crippen molar-refractivity contribution in [2.75, 3.05) is 0 Å². The van der Waals surface area contributed by atoms with Gasteiger partial charge in [0.1, 0.15) is 28.6 Å². The van der Waals surface area contributed by atoms with E-state index in [1.165, 1.54) is 6.07 Å². The first kappa shape index (κ1) is 21.9. The first-order chi connectivity index (χ1) is 16.0. The molecule has 0 fully saturated rings. The molecule has 2 aromatic rings. The third-order valence-electron chi connectivity index (χ3n) is 7.25. The first-order valence-electron chi connectivity index (χ1n) is 10.7. The zero-order valence-electron chi connectivity index (χ0n) is 18.4. The molecule has 1 aromatic carbocycles. The number of hydrogen-bond acceptors (Lipinski definition) is 9. The second-order valence-electron chi connectivity index (χ2n) is 9.10. The zero-order valence-corrected chi connectivity index (χ0v) is 18.4. The van der Waals surface area contributed by atoms with Crippen molar-refractivity contribution < 1.29 is 39.3 Å². The molecule has 0 saturated heterocycles. The minimum absolute atomic E-state index is 0.0471. The zero-order chi connectivity index (χ0) is 24.7. The van der Waals surface area contributed by atoms with Crippen LogP contribution in [0.15, 0.2) is 39.3 Å². The summed E-state index contributed by atoms with van der Waals surface area (Å²) in [6.07, 6.45) is 0.00790. The van der Waals surface area contributed by atoms with E-state index >= 15 is 0 Å². The lowest BCUT2D eigenvalue weighted by Gasteiger charge is -2.45. The van der Waals surface area contributed by atoms with Crippen LogP contribution in [0.3, 0.4) is 0 Å². The van der Waals surface area contributed by atoms with Crippen molar-refractivity contribution in [3.8, 4) is 16.9 Å². The highest BCUT2D eigenvalue weighted by Gasteiger charge is 2.59. The number of nitrogens with two attached hydrogens (primary N) is 1. The number of primary amides is 1. The fourth-order valence-corrected chi connectivity index (χ4v) is 5.72. The van der Waals surface area contributed by atoms with Crippen LogP contribution in [0.1, 0.15) is 40.2 Å². The van der Waals surface area contributed by atoms with Gasteiger partial charge in [0, 0.05) is 23.5 Å². The van der Waals surface area contributed by atoms with E-state index in [0.29, 0.717) is 28.1 Å². The van der Waals surface area contributed by atoms with Crippen LogP contribution in [0.2, 0.25) is 0 Å². The quantitative estimate of drug-likeness (QED) is 0.412. The molecule has 0 unspecified atom stereocenters. The van der Waals surface area contributed by atoms with Crippen molar-refractivity contribution in [1.29, 1.82) is 0 Å². The van der Waals surface area contributed by atoms with E-state index in [0.717, 1.165) is 0 Å². The number of hydrogen-bond donors (Lipinski definition) is 5. The Morgan fingerprint density at radius 3 is 2.47 bits per heavy atom. The van der Waals surface area contributed by atoms with Gasteiger partial charge in [0.25, 0.3) is 5.91 Å². The molecule has 0 spiro atoms. The summed E-state index contributed by atoms with van der Waals surface area (Å²) in [4.78, 5) is 38.3. The molecule has 0 bridgehead atoms. The van der Waals surface area contributed by atoms with Crippen LogP contribution in [0.25, 0.3) is 11.1 Å². The Bertz CT molecular complexity index is 1360. The maximum atomic E-state index is 13.6. The average molecular weight is 466 g/mol. The van der Waals surface area contributed by atoms with Gasteiger partial charge in [0.15, 0.2) is 11.4 Å². The molecule has 176 valence electrons. The monoisotopic (exact) mass is 466 g/mol. The van der Waals surface area contributed by atoms with Gasteiger partial charge < -0.3 is 30.7 Å². The second kappa shape index (κ2) is 7.04. The normalized spacial score (nSPS) is 26.3. The number of aliphatic hydroxyl groups is 3. The van der Waals surface area contributed by atoms with Gasteiger partial charge in [-0.15, -0.1) is 0 Å². The first-order valence-corrected chi connectivity index (χ1v) is 10.7. The van der Waals surface area contributed by atoms with Crippen molar-refractivity contribution in [3.63, 3.8) is 0 Å². The average Bonchev–Trinajstić information content (AvgIpc) is 3.08. The van der Waals surface area contributed by atoms with E-state index in [4.69, 9.17) is 10.3 Å². The van der Waals surface area contributed by atoms with E-state index < -0.39 is 52.0 Å². The number of fused-ring (bicyclic) bond motifs is 3. The van der Waals surface area contributed by atoms with Crippen LogP contribution in [0.4, 0.5) is 0 Å². The molecule has 3 aliphatic carbocycles. The molecular formula is C24H22N2O8. The minimum atomic E-state index is -2.58. The lowest BCUT2D eigenvalue weighted by molar-refractivity contribution is -0.144. The summed E-state index contributed by atoms with van der Waals surface area (Å²) in [5.74, 6) is -6.01. The molecule has 1 amide bonds. The van der Waals surface area contributed by atoms with E-state index in [1.54, 1.807) is 19.9 Å². The molecule has 0 saturated carbocycles. The highest BCUT2D eigenvalue weighted by molar-refractivity contribution is 6.24. The summed E-state index contributed by atoms with van der Waals surface area (Å²) in [5, 5.41) is 47.1. The summed E-state index contributed by atoms with van der Waals surface area (Å²) >= 11 is 0. The number of benzene rings is 1. The highest BCUT2D eigenvalue weighted by atomic mass is 16.5. The molecule has 1 aromatic heterocycles. The number of carbonyl (C=O) groups is 3. The molecular weight excluding hydrogens is 444 g/mol. The number of amides is 1. The Labute approximate surface area is 193 Å². The lowest BCUT2D eigenvalue weighted by Crippen LogP contribution is -2.57. The second-order valence-corrected chi connectivity index (χ2v) is 9.10. The van der Waals surface area contributed by atoms with Crippen molar-refractivity contribution in [2.45, 2.75) is 38.7 Å². The smallest absolute Gasteiger partial charge is 0.255 e. The highest BCUT2D eigenvalue weighted by Crippen LogP contribution is 2.52. The Balaban J connectivity index is 1.71. The van der Waals surface area contributed by atoms with Crippen LogP contribution in [0, 0.1) is 25.7 Å². The standard InChI is InChI=1S/C24H22N2O8/c1-8-16(9(2)34-26-8)12-3-4-14(27)18-13(12)6-10-5-11-7-15(28)19(23(25)32)22(31)24(11,33)21(30)17(10)20(18)29/h3-4,10-11,27-28,30,33H,5-7H2,1-2H3,(H2,25,32)/t10-,11+,24+/m1/s1. The summed E-state index contributed by atoms with van der Waals surface area (Å²) in [6.45, 7) is 3.49. The van der Waals surface area contributed by atoms with Crippen molar-refractivity contribution in [1.82, 2.24) is 5.16 Å². The van der Waals surface area contributed by atoms with Gasteiger partial charge in [-0.3, -0.25) is 14.4 Å². The molecule has 3 aliphatic rings. The Kier molecular flexibility index (Phi) is 4.53. The van der Waals surface area contributed by atoms with Crippen LogP contribution < -0.4 is 5.73 Å². The lowest BCUT2D eigenvalue weighted by atomic mass is 9.60. The summed E-state index contributed by atoms with van der Waals surface area (Å²) in [6, 6.07) is 3.02. The Hall–Kier alpha value is -3.92. The number of carbonyl (C=O) groups excluding carboxylic acids is 3. The number of nitrogens with zero attached hydrogens (tertiary/aromatic N) is 1. The molecule has 6 N–H and O–H groups in total. The maximum Gasteiger partial charge on any atom is 0.255 e. The minimum Gasteiger partial charge on any atom is -0.511 e. The fraction of sp³-hybridized carbons (Fsp3) is 0.333. The molecule has 10 heteroatoms. The number of rotatable bonds is 2. The Morgan fingerprint density at radius 2 is 1.85 bits per heavy atom. The van der Waals surface area contributed by atoms with Crippen LogP contribution >= 0.6 is 0 Å². The topological polar surface area (TPSA) is 184 Å². The predicted molar refractivity (Wildman–Crippen MR) is 116 cm³/mol. The molecule has 0 aliphatic heterocycles. The van der Waals surface area contributed by atoms with Crippen LogP contribution in [0.5, 0.6) is 5.75 Å². The maximum absolute atomic E-state index is 13.6. The number of ketones is 2. The summed E-state index contributed by atoms with van der Waals surface area (Å²) < 4.78 is 5.27. The molecule has 10 nitrogen and oxygen atoms in total. The van der Waals surface area contributed by atoms with Gasteiger partial charge in [0.2, 0.25) is 5.78 Å². The third-order valence-corrected chi connectivity index (χ3v) is 7.25. The number of phenolic OH excluding ortho intramolecular Hbond substituents is 1. The van der Waals surface area contributed by atoms with E-state index in [-0.39, 0.29) is 36.1 Å². The van der Waals surface area contributed by atoms with Gasteiger partial charge in [-0.1, -0.05) is 11.2 Å². The van der Waals surface area contributed by atoms with Gasteiger partial charge in [-0.2, -0.15) is 0 Å². The number of aliphatic hydroxyl groups excluding tert-OH is 2. The van der Waals surface area contributed by atoms with E-state index in [9.17, 15) is 34.8 Å². The van der Waals surface area contributed by atoms with Crippen LogP contribution in [-0.2, 0) is 16.0 Å². The van der Waals surface area contributed by atoms with Gasteiger partial charge >= 0.3 is 0 Å². The third kappa shape index (κ3) is 2.65. The number of allylic oxidation sites excluding steroid dienone is 2. The van der Waals surface area contributed by atoms with Crippen molar-refractivity contribution in [2.24, 2.45) is 17.6 Å². The van der Waals surface area contributed by atoms with Gasteiger partial charge in [-0.05, 0) is 49.8 Å². The molecule has 5 rings (SSSR count).